The molecule has 1 amide bonds. The third kappa shape index (κ3) is 3.75. The maximum absolute atomic E-state index is 13.3. The van der Waals surface area contributed by atoms with Gasteiger partial charge >= 0.3 is 0 Å². The van der Waals surface area contributed by atoms with E-state index >= 15 is 0 Å². The SMILES string of the molecule is CC(C)(C)C(=O)N[C@@H](c1cnc(N)s1)c1ccc(F)cc1Cl. The van der Waals surface area contributed by atoms with E-state index in [1.54, 1.807) is 12.3 Å². The Morgan fingerprint density at radius 3 is 2.64 bits per heavy atom. The molecule has 0 aliphatic rings. The minimum atomic E-state index is -0.568. The number of anilines is 1. The Balaban J connectivity index is 2.44. The lowest BCUT2D eigenvalue weighted by molar-refractivity contribution is -0.129. The van der Waals surface area contributed by atoms with Gasteiger partial charge in [0.1, 0.15) is 5.82 Å². The maximum atomic E-state index is 13.3. The predicted octanol–water partition coefficient (Wildman–Crippen LogP) is 3.77. The van der Waals surface area contributed by atoms with Crippen molar-refractivity contribution in [3.8, 4) is 0 Å². The molecule has 4 nitrogen and oxygen atoms in total. The van der Waals surface area contributed by atoms with E-state index in [-0.39, 0.29) is 10.9 Å². The van der Waals surface area contributed by atoms with Crippen LogP contribution < -0.4 is 11.1 Å². The Kier molecular flexibility index (Phi) is 4.72. The summed E-state index contributed by atoms with van der Waals surface area (Å²) in [5.74, 6) is -0.580. The van der Waals surface area contributed by atoms with E-state index in [1.807, 2.05) is 20.8 Å². The summed E-state index contributed by atoms with van der Waals surface area (Å²) < 4.78 is 13.3. The van der Waals surface area contributed by atoms with Crippen LogP contribution in [0.2, 0.25) is 5.02 Å². The number of hydrogen-bond acceptors (Lipinski definition) is 4. The van der Waals surface area contributed by atoms with Gasteiger partial charge in [-0.2, -0.15) is 0 Å². The Morgan fingerprint density at radius 2 is 2.14 bits per heavy atom. The summed E-state index contributed by atoms with van der Waals surface area (Å²) in [5.41, 5.74) is 5.71. The predicted molar refractivity (Wildman–Crippen MR) is 87.4 cm³/mol. The number of hydrogen-bond donors (Lipinski definition) is 2. The molecule has 0 radical (unpaired) electrons. The average Bonchev–Trinajstić information content (AvgIpc) is 2.82. The van der Waals surface area contributed by atoms with E-state index < -0.39 is 17.3 Å². The molecule has 118 valence electrons. The van der Waals surface area contributed by atoms with Crippen LogP contribution >= 0.6 is 22.9 Å². The molecular weight excluding hydrogens is 325 g/mol. The highest BCUT2D eigenvalue weighted by molar-refractivity contribution is 7.15. The number of nitrogen functional groups attached to an aromatic ring is 1. The van der Waals surface area contributed by atoms with Gasteiger partial charge in [0, 0.05) is 16.6 Å². The van der Waals surface area contributed by atoms with Crippen LogP contribution in [0.3, 0.4) is 0 Å². The van der Waals surface area contributed by atoms with Crippen LogP contribution in [0.1, 0.15) is 37.3 Å². The van der Waals surface area contributed by atoms with Crippen LogP contribution in [0, 0.1) is 11.2 Å². The molecule has 0 aliphatic carbocycles. The Bertz CT molecular complexity index is 696. The molecule has 1 atom stereocenters. The van der Waals surface area contributed by atoms with Gasteiger partial charge in [-0.25, -0.2) is 9.37 Å². The largest absolute Gasteiger partial charge is 0.375 e. The number of carbonyl (C=O) groups excluding carboxylic acids is 1. The highest BCUT2D eigenvalue weighted by Gasteiger charge is 2.27. The first kappa shape index (κ1) is 16.7. The van der Waals surface area contributed by atoms with E-state index in [0.717, 1.165) is 4.88 Å². The fourth-order valence-corrected chi connectivity index (χ4v) is 2.85. The lowest BCUT2D eigenvalue weighted by Gasteiger charge is -2.24. The smallest absolute Gasteiger partial charge is 0.226 e. The molecule has 0 aliphatic heterocycles. The first-order valence-electron chi connectivity index (χ1n) is 6.65. The molecule has 1 aromatic heterocycles. The van der Waals surface area contributed by atoms with Crippen molar-refractivity contribution in [3.05, 3.63) is 45.7 Å². The Hall–Kier alpha value is -1.66. The molecule has 1 aromatic carbocycles. The van der Waals surface area contributed by atoms with Crippen LogP contribution in [0.25, 0.3) is 0 Å². The first-order chi connectivity index (χ1) is 10.2. The topological polar surface area (TPSA) is 68.0 Å². The van der Waals surface area contributed by atoms with Gasteiger partial charge in [0.15, 0.2) is 5.13 Å². The van der Waals surface area contributed by atoms with E-state index in [4.69, 9.17) is 17.3 Å². The molecule has 7 heteroatoms. The molecule has 3 N–H and O–H groups in total. The second-order valence-electron chi connectivity index (χ2n) is 5.92. The fraction of sp³-hybridized carbons (Fsp3) is 0.333. The van der Waals surface area contributed by atoms with Gasteiger partial charge < -0.3 is 11.1 Å². The number of carbonyl (C=O) groups is 1. The van der Waals surface area contributed by atoms with Crippen LogP contribution in [-0.2, 0) is 4.79 Å². The van der Waals surface area contributed by atoms with E-state index in [9.17, 15) is 9.18 Å². The van der Waals surface area contributed by atoms with E-state index in [2.05, 4.69) is 10.3 Å². The van der Waals surface area contributed by atoms with Gasteiger partial charge in [0.25, 0.3) is 0 Å². The van der Waals surface area contributed by atoms with Crippen LogP contribution in [-0.4, -0.2) is 10.9 Å². The summed E-state index contributed by atoms with van der Waals surface area (Å²) >= 11 is 7.40. The third-order valence-corrected chi connectivity index (χ3v) is 4.27. The van der Waals surface area contributed by atoms with Gasteiger partial charge in [-0.15, -0.1) is 0 Å². The summed E-state index contributed by atoms with van der Waals surface area (Å²) in [7, 11) is 0. The Labute approximate surface area is 137 Å². The second-order valence-corrected chi connectivity index (χ2v) is 7.42. The van der Waals surface area contributed by atoms with Crippen molar-refractivity contribution in [2.24, 2.45) is 5.41 Å². The van der Waals surface area contributed by atoms with Crippen molar-refractivity contribution in [2.75, 3.05) is 5.73 Å². The molecule has 0 unspecified atom stereocenters. The number of benzene rings is 1. The van der Waals surface area contributed by atoms with Crippen molar-refractivity contribution in [3.63, 3.8) is 0 Å². The highest BCUT2D eigenvalue weighted by atomic mass is 35.5. The van der Waals surface area contributed by atoms with Gasteiger partial charge in [-0.05, 0) is 17.7 Å². The van der Waals surface area contributed by atoms with Gasteiger partial charge in [0.05, 0.1) is 10.9 Å². The molecular formula is C15H17ClFN3OS. The Morgan fingerprint density at radius 1 is 1.45 bits per heavy atom. The maximum Gasteiger partial charge on any atom is 0.226 e. The number of rotatable bonds is 3. The number of nitrogens with zero attached hydrogens (tertiary/aromatic N) is 1. The minimum Gasteiger partial charge on any atom is -0.375 e. The van der Waals surface area contributed by atoms with E-state index in [1.165, 1.54) is 23.5 Å². The normalized spacial score (nSPS) is 13.0. The monoisotopic (exact) mass is 341 g/mol. The van der Waals surface area contributed by atoms with Crippen LogP contribution in [0.4, 0.5) is 9.52 Å². The van der Waals surface area contributed by atoms with Crippen molar-refractivity contribution in [1.82, 2.24) is 10.3 Å². The quantitative estimate of drug-likeness (QED) is 0.892. The van der Waals surface area contributed by atoms with Crippen LogP contribution in [0.15, 0.2) is 24.4 Å². The molecule has 22 heavy (non-hydrogen) atoms. The van der Waals surface area contributed by atoms with Crippen molar-refractivity contribution < 1.29 is 9.18 Å². The number of aromatic nitrogens is 1. The first-order valence-corrected chi connectivity index (χ1v) is 7.85. The molecule has 0 fully saturated rings. The molecule has 1 heterocycles. The van der Waals surface area contributed by atoms with Gasteiger partial charge in [-0.3, -0.25) is 4.79 Å². The number of nitrogens with one attached hydrogen (secondary N) is 1. The molecule has 2 aromatic rings. The molecule has 2 rings (SSSR count). The fourth-order valence-electron chi connectivity index (χ4n) is 1.82. The summed E-state index contributed by atoms with van der Waals surface area (Å²) in [4.78, 5) is 17.1. The molecule has 0 saturated heterocycles. The summed E-state index contributed by atoms with van der Waals surface area (Å²) in [6.45, 7) is 5.44. The number of amides is 1. The number of halogens is 2. The molecule has 0 saturated carbocycles. The van der Waals surface area contributed by atoms with Crippen molar-refractivity contribution >= 4 is 34.0 Å². The zero-order valence-electron chi connectivity index (χ0n) is 12.5. The summed E-state index contributed by atoms with van der Waals surface area (Å²) in [6.07, 6.45) is 1.59. The van der Waals surface area contributed by atoms with E-state index in [0.29, 0.717) is 10.7 Å². The van der Waals surface area contributed by atoms with Gasteiger partial charge in [-0.1, -0.05) is 49.8 Å². The zero-order chi connectivity index (χ0) is 16.5. The van der Waals surface area contributed by atoms with Crippen LogP contribution in [0.5, 0.6) is 0 Å². The van der Waals surface area contributed by atoms with Crippen molar-refractivity contribution in [2.45, 2.75) is 26.8 Å². The standard InChI is InChI=1S/C15H17ClFN3OS/c1-15(2,3)13(21)20-12(11-7-19-14(18)22-11)9-5-4-8(17)6-10(9)16/h4-7,12H,1-3H3,(H2,18,19)(H,20,21)/t12-/m1/s1. The summed E-state index contributed by atoms with van der Waals surface area (Å²) in [5, 5.41) is 3.57. The lowest BCUT2D eigenvalue weighted by Crippen LogP contribution is -2.37. The zero-order valence-corrected chi connectivity index (χ0v) is 14.1. The highest BCUT2D eigenvalue weighted by Crippen LogP contribution is 2.33. The second kappa shape index (κ2) is 6.22. The third-order valence-electron chi connectivity index (χ3n) is 3.06. The number of thiazole rings is 1. The minimum absolute atomic E-state index is 0.148. The van der Waals surface area contributed by atoms with Crippen molar-refractivity contribution in [1.29, 1.82) is 0 Å². The molecule has 0 bridgehead atoms. The number of nitrogens with two attached hydrogens (primary N) is 1. The summed E-state index contributed by atoms with van der Waals surface area (Å²) in [6, 6.07) is 3.57. The average molecular weight is 342 g/mol. The van der Waals surface area contributed by atoms with Gasteiger partial charge in [0.2, 0.25) is 5.91 Å². The molecule has 0 spiro atoms. The lowest BCUT2D eigenvalue weighted by atomic mass is 9.94.